The van der Waals surface area contributed by atoms with Crippen molar-refractivity contribution in [3.05, 3.63) is 42.0 Å². The number of benzene rings is 1. The number of nitrogen functional groups attached to an aromatic ring is 1. The molecule has 1 atom stereocenters. The number of aliphatic hydroxyl groups is 1. The van der Waals surface area contributed by atoms with E-state index < -0.39 is 11.6 Å². The Morgan fingerprint density at radius 3 is 2.67 bits per heavy atom. The first-order valence-electron chi connectivity index (χ1n) is 8.41. The summed E-state index contributed by atoms with van der Waals surface area (Å²) in [6.07, 6.45) is -0.745. The van der Waals surface area contributed by atoms with E-state index in [2.05, 4.69) is 27.0 Å². The van der Waals surface area contributed by atoms with Crippen LogP contribution in [0.5, 0.6) is 11.6 Å². The maximum Gasteiger partial charge on any atom is 0.233 e. The molecule has 0 aliphatic rings. The number of anilines is 1. The van der Waals surface area contributed by atoms with Crippen LogP contribution in [-0.4, -0.2) is 46.7 Å². The third-order valence-corrected chi connectivity index (χ3v) is 3.62. The smallest absolute Gasteiger partial charge is 0.233 e. The van der Waals surface area contributed by atoms with Gasteiger partial charge in [0.1, 0.15) is 31.1 Å². The molecule has 1 unspecified atom stereocenters. The summed E-state index contributed by atoms with van der Waals surface area (Å²) in [6, 6.07) is 12.3. The maximum absolute atomic E-state index is 10.1. The molecule has 1 heterocycles. The van der Waals surface area contributed by atoms with Gasteiger partial charge in [-0.2, -0.15) is 5.26 Å². The lowest BCUT2D eigenvalue weighted by atomic mass is 10.1. The van der Waals surface area contributed by atoms with Gasteiger partial charge in [0.15, 0.2) is 5.82 Å². The zero-order valence-electron chi connectivity index (χ0n) is 15.3. The fraction of sp³-hybridized carbons (Fsp3) is 0.389. The highest BCUT2D eigenvalue weighted by atomic mass is 16.5. The first-order chi connectivity index (χ1) is 12.9. The molecule has 144 valence electrons. The van der Waals surface area contributed by atoms with Crippen LogP contribution in [0.1, 0.15) is 19.4 Å². The molecule has 1 aromatic heterocycles. The number of hydrazine groups is 1. The van der Waals surface area contributed by atoms with Crippen molar-refractivity contribution in [3.8, 4) is 17.7 Å². The number of aliphatic hydroxyl groups excluding tert-OH is 1. The van der Waals surface area contributed by atoms with E-state index in [9.17, 15) is 5.11 Å². The number of aromatic nitrogens is 2. The van der Waals surface area contributed by atoms with Gasteiger partial charge in [-0.25, -0.2) is 5.84 Å². The van der Waals surface area contributed by atoms with Crippen LogP contribution in [0.4, 0.5) is 5.82 Å². The summed E-state index contributed by atoms with van der Waals surface area (Å²) in [5.74, 6) is 6.51. The highest BCUT2D eigenvalue weighted by Crippen LogP contribution is 2.16. The standard InChI is InChI=1S/C18H24N6O3/c1-18(2,12-27-17-8-7-16(22-20)23-24-17)21-10-14(25)11-26-15-6-4-3-5-13(15)9-19/h3-8,14,21,25H,10-12,20H2,1-2H3,(H,22,23). The molecule has 0 saturated heterocycles. The van der Waals surface area contributed by atoms with Crippen molar-refractivity contribution in [2.45, 2.75) is 25.5 Å². The Morgan fingerprint density at radius 2 is 2.00 bits per heavy atom. The Balaban J connectivity index is 1.75. The van der Waals surface area contributed by atoms with Gasteiger partial charge in [0.2, 0.25) is 5.88 Å². The number of β-amino-alcohol motifs (C(OH)–C–C–N with tert-alkyl or cyclic N) is 1. The summed E-state index contributed by atoms with van der Waals surface area (Å²) < 4.78 is 11.1. The molecule has 0 spiro atoms. The maximum atomic E-state index is 10.1. The minimum Gasteiger partial charge on any atom is -0.489 e. The minimum atomic E-state index is -0.745. The third kappa shape index (κ3) is 6.71. The van der Waals surface area contributed by atoms with E-state index in [1.54, 1.807) is 36.4 Å². The molecule has 2 aromatic rings. The Bertz CT molecular complexity index is 760. The van der Waals surface area contributed by atoms with Gasteiger partial charge in [-0.1, -0.05) is 12.1 Å². The van der Waals surface area contributed by atoms with Crippen molar-refractivity contribution in [2.24, 2.45) is 5.84 Å². The van der Waals surface area contributed by atoms with Crippen LogP contribution < -0.4 is 26.1 Å². The third-order valence-electron chi connectivity index (χ3n) is 3.62. The van der Waals surface area contributed by atoms with E-state index in [1.807, 2.05) is 13.8 Å². The van der Waals surface area contributed by atoms with Crippen molar-refractivity contribution in [1.29, 1.82) is 5.26 Å². The molecule has 1 aromatic carbocycles. The van der Waals surface area contributed by atoms with E-state index in [4.69, 9.17) is 20.6 Å². The molecule has 2 rings (SSSR count). The van der Waals surface area contributed by atoms with Crippen molar-refractivity contribution >= 4 is 5.82 Å². The first kappa shape index (κ1) is 20.4. The molecule has 0 saturated carbocycles. The van der Waals surface area contributed by atoms with E-state index >= 15 is 0 Å². The van der Waals surface area contributed by atoms with E-state index in [-0.39, 0.29) is 6.61 Å². The van der Waals surface area contributed by atoms with Crippen molar-refractivity contribution in [3.63, 3.8) is 0 Å². The average molecular weight is 372 g/mol. The molecule has 5 N–H and O–H groups in total. The first-order valence-corrected chi connectivity index (χ1v) is 8.41. The molecular weight excluding hydrogens is 348 g/mol. The van der Waals surface area contributed by atoms with Crippen LogP contribution in [0, 0.1) is 11.3 Å². The number of nitriles is 1. The minimum absolute atomic E-state index is 0.0711. The molecular formula is C18H24N6O3. The highest BCUT2D eigenvalue weighted by Gasteiger charge is 2.20. The molecule has 27 heavy (non-hydrogen) atoms. The average Bonchev–Trinajstić information content (AvgIpc) is 2.70. The molecule has 0 radical (unpaired) electrons. The molecule has 0 amide bonds. The van der Waals surface area contributed by atoms with Gasteiger partial charge in [-0.15, -0.1) is 10.2 Å². The second-order valence-electron chi connectivity index (χ2n) is 6.53. The van der Waals surface area contributed by atoms with Crippen LogP contribution >= 0.6 is 0 Å². The second kappa shape index (κ2) is 9.68. The van der Waals surface area contributed by atoms with Crippen molar-refractivity contribution in [1.82, 2.24) is 15.5 Å². The number of hydrogen-bond donors (Lipinski definition) is 4. The number of rotatable bonds is 10. The number of ether oxygens (including phenoxy) is 2. The molecule has 0 aliphatic carbocycles. The quantitative estimate of drug-likeness (QED) is 0.352. The lowest BCUT2D eigenvalue weighted by molar-refractivity contribution is 0.0921. The lowest BCUT2D eigenvalue weighted by Gasteiger charge is -2.27. The highest BCUT2D eigenvalue weighted by molar-refractivity contribution is 5.42. The van der Waals surface area contributed by atoms with E-state index in [1.165, 1.54) is 0 Å². The summed E-state index contributed by atoms with van der Waals surface area (Å²) in [4.78, 5) is 0. The Hall–Kier alpha value is -2.93. The zero-order chi connectivity index (χ0) is 19.7. The summed E-state index contributed by atoms with van der Waals surface area (Å²) in [5, 5.41) is 30.1. The van der Waals surface area contributed by atoms with Crippen molar-refractivity contribution in [2.75, 3.05) is 25.2 Å². The van der Waals surface area contributed by atoms with Crippen LogP contribution in [0.25, 0.3) is 0 Å². The molecule has 0 bridgehead atoms. The van der Waals surface area contributed by atoms with Gasteiger partial charge >= 0.3 is 0 Å². The monoisotopic (exact) mass is 372 g/mol. The lowest BCUT2D eigenvalue weighted by Crippen LogP contribution is -2.48. The predicted molar refractivity (Wildman–Crippen MR) is 100 cm³/mol. The Labute approximate surface area is 158 Å². The van der Waals surface area contributed by atoms with E-state index in [0.717, 1.165) is 0 Å². The van der Waals surface area contributed by atoms with Gasteiger partial charge in [0, 0.05) is 18.2 Å². The van der Waals surface area contributed by atoms with E-state index in [0.29, 0.717) is 36.2 Å². The Kier molecular flexibility index (Phi) is 7.31. The summed E-state index contributed by atoms with van der Waals surface area (Å²) in [5.41, 5.74) is 2.41. The molecule has 0 aliphatic heterocycles. The fourth-order valence-corrected chi connectivity index (χ4v) is 2.10. The van der Waals surface area contributed by atoms with Crippen LogP contribution in [0.2, 0.25) is 0 Å². The SMILES string of the molecule is CC(C)(COc1ccc(NN)nn1)NCC(O)COc1ccccc1C#N. The number of nitrogens with zero attached hydrogens (tertiary/aromatic N) is 3. The van der Waals surface area contributed by atoms with Crippen molar-refractivity contribution < 1.29 is 14.6 Å². The summed E-state index contributed by atoms with van der Waals surface area (Å²) in [7, 11) is 0. The van der Waals surface area contributed by atoms with Gasteiger partial charge in [0.05, 0.1) is 5.56 Å². The number of para-hydroxylation sites is 1. The zero-order valence-corrected chi connectivity index (χ0v) is 15.3. The number of nitrogens with two attached hydrogens (primary N) is 1. The van der Waals surface area contributed by atoms with Gasteiger partial charge < -0.3 is 25.3 Å². The number of hydrogen-bond acceptors (Lipinski definition) is 9. The molecule has 0 fully saturated rings. The molecule has 9 nitrogen and oxygen atoms in total. The topological polar surface area (TPSA) is 138 Å². The van der Waals surface area contributed by atoms with Crippen LogP contribution in [0.3, 0.4) is 0 Å². The summed E-state index contributed by atoms with van der Waals surface area (Å²) in [6.45, 7) is 4.57. The summed E-state index contributed by atoms with van der Waals surface area (Å²) >= 11 is 0. The molecule has 9 heteroatoms. The van der Waals surface area contributed by atoms with Crippen LogP contribution in [0.15, 0.2) is 36.4 Å². The van der Waals surface area contributed by atoms with Gasteiger partial charge in [-0.05, 0) is 32.0 Å². The van der Waals surface area contributed by atoms with Gasteiger partial charge in [-0.3, -0.25) is 0 Å². The van der Waals surface area contributed by atoms with Gasteiger partial charge in [0.25, 0.3) is 0 Å². The predicted octanol–water partition coefficient (Wildman–Crippen LogP) is 0.821. The largest absolute Gasteiger partial charge is 0.489 e. The number of nitrogens with one attached hydrogen (secondary N) is 2. The van der Waals surface area contributed by atoms with Crippen LogP contribution in [-0.2, 0) is 0 Å². The normalized spacial score (nSPS) is 12.1. The second-order valence-corrected chi connectivity index (χ2v) is 6.53. The fourth-order valence-electron chi connectivity index (χ4n) is 2.10. The Morgan fingerprint density at radius 1 is 1.22 bits per heavy atom.